The van der Waals surface area contributed by atoms with Crippen LogP contribution >= 0.6 is 0 Å². The lowest BCUT2D eigenvalue weighted by Crippen LogP contribution is -2.13. The van der Waals surface area contributed by atoms with Gasteiger partial charge in [-0.3, -0.25) is 0 Å². The van der Waals surface area contributed by atoms with Crippen molar-refractivity contribution < 1.29 is 9.13 Å². The number of alkyl halides is 1. The second kappa shape index (κ2) is 4.94. The summed E-state index contributed by atoms with van der Waals surface area (Å²) >= 11 is 0. The summed E-state index contributed by atoms with van der Waals surface area (Å²) in [4.78, 5) is 0. The highest BCUT2D eigenvalue weighted by Gasteiger charge is 2.10. The number of para-hydroxylation sites is 1. The van der Waals surface area contributed by atoms with Crippen molar-refractivity contribution >= 4 is 5.57 Å². The highest BCUT2D eigenvalue weighted by atomic mass is 19.1. The molecule has 2 rings (SSSR count). The lowest BCUT2D eigenvalue weighted by atomic mass is 9.99. The fourth-order valence-electron chi connectivity index (χ4n) is 1.73. The molecule has 1 radical (unpaired) electrons. The van der Waals surface area contributed by atoms with E-state index in [2.05, 4.69) is 11.4 Å². The lowest BCUT2D eigenvalue weighted by Gasteiger charge is -2.15. The molecule has 0 saturated heterocycles. The topological polar surface area (TPSA) is 23.3 Å². The second-order valence-corrected chi connectivity index (χ2v) is 3.36. The summed E-state index contributed by atoms with van der Waals surface area (Å²) in [6, 6.07) is 7.54. The molecule has 0 unspecified atom stereocenters. The van der Waals surface area contributed by atoms with Crippen LogP contribution in [0, 0.1) is 0 Å². The summed E-state index contributed by atoms with van der Waals surface area (Å²) < 4.78 is 17.1. The molecule has 1 aromatic carbocycles. The maximum absolute atomic E-state index is 12.2. The highest BCUT2D eigenvalue weighted by Crippen LogP contribution is 2.28. The van der Waals surface area contributed by atoms with Gasteiger partial charge in [-0.25, -0.2) is 9.71 Å². The van der Waals surface area contributed by atoms with Gasteiger partial charge in [0.25, 0.3) is 0 Å². The first-order chi connectivity index (χ1) is 7.42. The molecule has 1 aliphatic heterocycles. The van der Waals surface area contributed by atoms with Crippen molar-refractivity contribution in [2.24, 2.45) is 0 Å². The van der Waals surface area contributed by atoms with Crippen LogP contribution in [0.1, 0.15) is 12.0 Å². The number of benzene rings is 1. The van der Waals surface area contributed by atoms with Gasteiger partial charge < -0.3 is 4.74 Å². The summed E-state index contributed by atoms with van der Waals surface area (Å²) in [7, 11) is 0. The van der Waals surface area contributed by atoms with Gasteiger partial charge in [0, 0.05) is 18.7 Å². The summed E-state index contributed by atoms with van der Waals surface area (Å²) in [5.74, 6) is 0.619. The van der Waals surface area contributed by atoms with E-state index in [-0.39, 0.29) is 0 Å². The van der Waals surface area contributed by atoms with Gasteiger partial charge in [-0.05, 0) is 18.1 Å². The average Bonchev–Trinajstić information content (AvgIpc) is 2.31. The van der Waals surface area contributed by atoms with Crippen LogP contribution in [0.5, 0.6) is 5.75 Å². The van der Waals surface area contributed by atoms with E-state index in [9.17, 15) is 4.39 Å². The van der Waals surface area contributed by atoms with Gasteiger partial charge in [0.2, 0.25) is 6.86 Å². The van der Waals surface area contributed by atoms with E-state index in [4.69, 9.17) is 4.74 Å². The van der Waals surface area contributed by atoms with Crippen LogP contribution in [-0.2, 0) is 0 Å². The molecule has 1 heterocycles. The monoisotopic (exact) mass is 206 g/mol. The molecule has 0 atom stereocenters. The fraction of sp³-hybridized carbons (Fsp3) is 0.333. The third-order valence-corrected chi connectivity index (χ3v) is 2.45. The molecule has 0 saturated carbocycles. The summed E-state index contributed by atoms with van der Waals surface area (Å²) in [5, 5.41) is 4.24. The van der Waals surface area contributed by atoms with E-state index in [1.54, 1.807) is 6.07 Å². The van der Waals surface area contributed by atoms with E-state index >= 15 is 0 Å². The molecule has 15 heavy (non-hydrogen) atoms. The van der Waals surface area contributed by atoms with Gasteiger partial charge in [-0.2, -0.15) is 0 Å². The average molecular weight is 206 g/mol. The molecule has 3 heteroatoms. The first-order valence-electron chi connectivity index (χ1n) is 5.02. The number of hydrogen-bond donors (Lipinski definition) is 0. The summed E-state index contributed by atoms with van der Waals surface area (Å²) in [6.45, 7) is 0.809. The molecule has 79 valence electrons. The largest absolute Gasteiger partial charge is 0.462 e. The Hall–Kier alpha value is -1.35. The molecular weight excluding hydrogens is 193 g/mol. The van der Waals surface area contributed by atoms with Crippen LogP contribution in [0.25, 0.3) is 5.57 Å². The number of nitrogens with zero attached hydrogens (tertiary/aromatic N) is 1. The third kappa shape index (κ3) is 2.36. The predicted molar refractivity (Wildman–Crippen MR) is 57.5 cm³/mol. The maximum atomic E-state index is 12.2. The first kappa shape index (κ1) is 10.2. The normalized spacial score (nSPS) is 15.9. The molecule has 0 fully saturated rings. The van der Waals surface area contributed by atoms with Crippen molar-refractivity contribution in [2.45, 2.75) is 6.42 Å². The zero-order valence-electron chi connectivity index (χ0n) is 8.45. The summed E-state index contributed by atoms with van der Waals surface area (Å²) in [5.41, 5.74) is 2.19. The standard InChI is InChI=1S/C12H13FNO/c13-9-15-12-4-2-1-3-11(12)10-5-7-14-8-6-10/h1-5H,6-9H2. The Morgan fingerprint density at radius 1 is 1.33 bits per heavy atom. The maximum Gasteiger partial charge on any atom is 0.228 e. The van der Waals surface area contributed by atoms with Crippen molar-refractivity contribution in [1.29, 1.82) is 0 Å². The zero-order valence-corrected chi connectivity index (χ0v) is 8.45. The van der Waals surface area contributed by atoms with Crippen LogP contribution in [0.15, 0.2) is 30.3 Å². The summed E-state index contributed by atoms with van der Waals surface area (Å²) in [6.07, 6.45) is 2.98. The number of rotatable bonds is 3. The second-order valence-electron chi connectivity index (χ2n) is 3.36. The fourth-order valence-corrected chi connectivity index (χ4v) is 1.73. The van der Waals surface area contributed by atoms with Crippen molar-refractivity contribution in [3.63, 3.8) is 0 Å². The van der Waals surface area contributed by atoms with Crippen LogP contribution in [-0.4, -0.2) is 20.0 Å². The van der Waals surface area contributed by atoms with E-state index < -0.39 is 6.86 Å². The van der Waals surface area contributed by atoms with E-state index in [1.807, 2.05) is 18.2 Å². The smallest absolute Gasteiger partial charge is 0.228 e. The SMILES string of the molecule is FCOc1ccccc1C1=CC[N]CC1. The third-order valence-electron chi connectivity index (χ3n) is 2.45. The minimum atomic E-state index is -0.783. The van der Waals surface area contributed by atoms with Crippen molar-refractivity contribution in [3.8, 4) is 5.75 Å². The first-order valence-corrected chi connectivity index (χ1v) is 5.02. The number of hydrogen-bond acceptors (Lipinski definition) is 1. The Morgan fingerprint density at radius 3 is 2.93 bits per heavy atom. The van der Waals surface area contributed by atoms with Crippen LogP contribution in [0.3, 0.4) is 0 Å². The lowest BCUT2D eigenvalue weighted by molar-refractivity contribution is 0.191. The molecule has 0 N–H and O–H groups in total. The van der Waals surface area contributed by atoms with Crippen LogP contribution in [0.2, 0.25) is 0 Å². The van der Waals surface area contributed by atoms with Gasteiger partial charge >= 0.3 is 0 Å². The van der Waals surface area contributed by atoms with Crippen molar-refractivity contribution in [2.75, 3.05) is 20.0 Å². The van der Waals surface area contributed by atoms with E-state index in [0.29, 0.717) is 5.75 Å². The van der Waals surface area contributed by atoms with E-state index in [0.717, 1.165) is 25.1 Å². The molecule has 0 aromatic heterocycles. The van der Waals surface area contributed by atoms with Crippen molar-refractivity contribution in [1.82, 2.24) is 5.32 Å². The molecule has 2 nitrogen and oxygen atoms in total. The van der Waals surface area contributed by atoms with Gasteiger partial charge in [0.1, 0.15) is 5.75 Å². The Bertz CT molecular complexity index is 362. The van der Waals surface area contributed by atoms with E-state index in [1.165, 1.54) is 5.57 Å². The number of halogens is 1. The van der Waals surface area contributed by atoms with Gasteiger partial charge in [-0.15, -0.1) is 0 Å². The molecular formula is C12H13FNO. The molecule has 1 aliphatic rings. The van der Waals surface area contributed by atoms with Gasteiger partial charge in [0.15, 0.2) is 0 Å². The molecule has 0 aliphatic carbocycles. The van der Waals surface area contributed by atoms with Crippen molar-refractivity contribution in [3.05, 3.63) is 35.9 Å². The van der Waals surface area contributed by atoms with Gasteiger partial charge in [-0.1, -0.05) is 24.3 Å². The minimum Gasteiger partial charge on any atom is -0.462 e. The molecule has 0 spiro atoms. The number of ether oxygens (including phenoxy) is 1. The molecule has 0 bridgehead atoms. The predicted octanol–water partition coefficient (Wildman–Crippen LogP) is 2.38. The Kier molecular flexibility index (Phi) is 3.35. The minimum absolute atomic E-state index is 0.619. The zero-order chi connectivity index (χ0) is 10.5. The van der Waals surface area contributed by atoms with Gasteiger partial charge in [0.05, 0.1) is 0 Å². The van der Waals surface area contributed by atoms with Crippen LogP contribution in [0.4, 0.5) is 4.39 Å². The molecule has 1 aromatic rings. The Labute approximate surface area is 88.8 Å². The Morgan fingerprint density at radius 2 is 2.20 bits per heavy atom. The quantitative estimate of drug-likeness (QED) is 0.744. The molecule has 0 amide bonds. The van der Waals surface area contributed by atoms with Crippen LogP contribution < -0.4 is 10.1 Å². The highest BCUT2D eigenvalue weighted by molar-refractivity contribution is 5.71. The Balaban J connectivity index is 2.29.